The van der Waals surface area contributed by atoms with Crippen molar-refractivity contribution >= 4 is 17.5 Å². The number of hydrogen-bond acceptors (Lipinski definition) is 4. The fourth-order valence-electron chi connectivity index (χ4n) is 4.55. The Hall–Kier alpha value is -2.87. The lowest BCUT2D eigenvalue weighted by Gasteiger charge is -2.26. The van der Waals surface area contributed by atoms with Crippen LogP contribution < -0.4 is 11.0 Å². The maximum absolute atomic E-state index is 13.6. The molecule has 3 aromatic rings. The number of rotatable bonds is 8. The van der Waals surface area contributed by atoms with Gasteiger partial charge in [0.2, 0.25) is 5.91 Å². The van der Waals surface area contributed by atoms with E-state index in [9.17, 15) is 9.59 Å². The number of amides is 1. The third-order valence-electron chi connectivity index (χ3n) is 6.23. The fourth-order valence-corrected chi connectivity index (χ4v) is 4.74. The first-order chi connectivity index (χ1) is 16.8. The maximum atomic E-state index is 13.6. The van der Waals surface area contributed by atoms with Crippen LogP contribution in [0.25, 0.3) is 16.9 Å². The molecule has 0 unspecified atom stereocenters. The van der Waals surface area contributed by atoms with Crippen LogP contribution in [0.2, 0.25) is 5.02 Å². The van der Waals surface area contributed by atoms with Crippen LogP contribution in [0.15, 0.2) is 53.3 Å². The van der Waals surface area contributed by atoms with Gasteiger partial charge in [-0.1, -0.05) is 35.9 Å². The first kappa shape index (κ1) is 25.2. The van der Waals surface area contributed by atoms with E-state index in [1.54, 1.807) is 10.6 Å². The quantitative estimate of drug-likeness (QED) is 0.516. The van der Waals surface area contributed by atoms with Gasteiger partial charge in [0.05, 0.1) is 24.6 Å². The molecule has 0 radical (unpaired) electrons. The smallest absolute Gasteiger partial charge is 0.333 e. The second kappa shape index (κ2) is 11.2. The zero-order valence-electron chi connectivity index (χ0n) is 20.6. The van der Waals surface area contributed by atoms with Crippen LogP contribution in [0.4, 0.5) is 0 Å². The molecule has 1 saturated heterocycles. The summed E-state index contributed by atoms with van der Waals surface area (Å²) in [5.41, 5.74) is 3.98. The zero-order valence-corrected chi connectivity index (χ0v) is 21.3. The summed E-state index contributed by atoms with van der Waals surface area (Å²) >= 11 is 6.26. The zero-order chi connectivity index (χ0) is 24.9. The monoisotopic (exact) mass is 496 g/mol. The molecule has 1 N–H and O–H groups in total. The van der Waals surface area contributed by atoms with E-state index in [0.717, 1.165) is 56.2 Å². The lowest BCUT2D eigenvalue weighted by atomic mass is 10.1. The highest BCUT2D eigenvalue weighted by atomic mass is 35.5. The lowest BCUT2D eigenvalue weighted by Crippen LogP contribution is -2.37. The molecule has 0 spiro atoms. The van der Waals surface area contributed by atoms with E-state index < -0.39 is 0 Å². The van der Waals surface area contributed by atoms with E-state index >= 15 is 0 Å². The molecular formula is C27H33ClN4O3. The Morgan fingerprint density at radius 1 is 1.11 bits per heavy atom. The summed E-state index contributed by atoms with van der Waals surface area (Å²) in [6.45, 7) is 10.1. The van der Waals surface area contributed by atoms with E-state index in [1.807, 2.05) is 51.1 Å². The highest BCUT2D eigenvalue weighted by Gasteiger charge is 2.22. The van der Waals surface area contributed by atoms with Gasteiger partial charge in [0, 0.05) is 42.0 Å². The number of ether oxygens (including phenoxy) is 1. The van der Waals surface area contributed by atoms with E-state index in [4.69, 9.17) is 16.3 Å². The van der Waals surface area contributed by atoms with Crippen LogP contribution in [-0.2, 0) is 22.5 Å². The first-order valence-electron chi connectivity index (χ1n) is 12.1. The number of carbonyl (C=O) groups is 1. The van der Waals surface area contributed by atoms with Crippen LogP contribution in [-0.4, -0.2) is 58.8 Å². The van der Waals surface area contributed by atoms with Gasteiger partial charge < -0.3 is 10.1 Å². The number of benzene rings is 2. The molecule has 1 aliphatic heterocycles. The summed E-state index contributed by atoms with van der Waals surface area (Å²) in [5.74, 6) is -0.207. The van der Waals surface area contributed by atoms with Crippen molar-refractivity contribution in [1.82, 2.24) is 19.4 Å². The molecule has 1 aromatic heterocycles. The van der Waals surface area contributed by atoms with Crippen molar-refractivity contribution in [1.29, 1.82) is 0 Å². The van der Waals surface area contributed by atoms with Gasteiger partial charge in [-0.05, 0) is 57.0 Å². The minimum atomic E-state index is -0.252. The number of halogens is 1. The third-order valence-corrected chi connectivity index (χ3v) is 6.47. The van der Waals surface area contributed by atoms with Crippen LogP contribution >= 0.6 is 11.6 Å². The van der Waals surface area contributed by atoms with Crippen LogP contribution in [0.5, 0.6) is 0 Å². The summed E-state index contributed by atoms with van der Waals surface area (Å²) in [4.78, 5) is 28.6. The van der Waals surface area contributed by atoms with Gasteiger partial charge in [-0.2, -0.15) is 0 Å². The van der Waals surface area contributed by atoms with Crippen molar-refractivity contribution in [3.8, 4) is 16.9 Å². The van der Waals surface area contributed by atoms with E-state index in [2.05, 4.69) is 22.3 Å². The summed E-state index contributed by atoms with van der Waals surface area (Å²) < 4.78 is 8.63. The Morgan fingerprint density at radius 2 is 1.83 bits per heavy atom. The lowest BCUT2D eigenvalue weighted by molar-refractivity contribution is -0.122. The molecule has 35 heavy (non-hydrogen) atoms. The molecular weight excluding hydrogens is 464 g/mol. The largest absolute Gasteiger partial charge is 0.379 e. The normalized spacial score (nSPS) is 14.4. The molecule has 8 heteroatoms. The Morgan fingerprint density at radius 3 is 2.49 bits per heavy atom. The van der Waals surface area contributed by atoms with Gasteiger partial charge in [0.25, 0.3) is 0 Å². The van der Waals surface area contributed by atoms with Crippen molar-refractivity contribution in [2.24, 2.45) is 0 Å². The van der Waals surface area contributed by atoms with Crippen LogP contribution in [0.3, 0.4) is 0 Å². The SMILES string of the molecule is Cc1c(-c2cccc(Cl)c2)n(CC(=O)NC(C)C)c(=O)n1-c1ccc(CCN2CCOCC2)cc1. The molecule has 2 aromatic carbocycles. The molecule has 186 valence electrons. The van der Waals surface area contributed by atoms with E-state index in [-0.39, 0.29) is 24.2 Å². The summed E-state index contributed by atoms with van der Waals surface area (Å²) in [6.07, 6.45) is 0.943. The molecule has 0 aliphatic carbocycles. The topological polar surface area (TPSA) is 68.5 Å². The first-order valence-corrected chi connectivity index (χ1v) is 12.5. The van der Waals surface area contributed by atoms with E-state index in [1.165, 1.54) is 10.1 Å². The molecule has 0 atom stereocenters. The molecule has 1 fully saturated rings. The minimum absolute atomic E-state index is 0.0130. The third kappa shape index (κ3) is 6.04. The van der Waals surface area contributed by atoms with Gasteiger partial charge in [-0.3, -0.25) is 18.8 Å². The summed E-state index contributed by atoms with van der Waals surface area (Å²) in [6, 6.07) is 15.4. The van der Waals surface area contributed by atoms with Gasteiger partial charge >= 0.3 is 5.69 Å². The Balaban J connectivity index is 1.66. The molecule has 0 saturated carbocycles. The molecule has 0 bridgehead atoms. The fraction of sp³-hybridized carbons (Fsp3) is 0.407. The second-order valence-corrected chi connectivity index (χ2v) is 9.68. The van der Waals surface area contributed by atoms with Gasteiger partial charge in [0.1, 0.15) is 6.54 Å². The van der Waals surface area contributed by atoms with Gasteiger partial charge in [0.15, 0.2) is 0 Å². The summed E-state index contributed by atoms with van der Waals surface area (Å²) in [7, 11) is 0. The highest BCUT2D eigenvalue weighted by molar-refractivity contribution is 6.30. The average Bonchev–Trinajstić information content (AvgIpc) is 3.07. The standard InChI is InChI=1S/C27H33ClN4O3/c1-19(2)29-25(33)18-31-26(22-5-4-6-23(28)17-22)20(3)32(27(31)34)24-9-7-21(8-10-24)11-12-30-13-15-35-16-14-30/h4-10,17,19H,11-16,18H2,1-3H3,(H,29,33). The van der Waals surface area contributed by atoms with E-state index in [0.29, 0.717) is 10.7 Å². The maximum Gasteiger partial charge on any atom is 0.333 e. The van der Waals surface area contributed by atoms with Crippen molar-refractivity contribution in [3.05, 3.63) is 75.3 Å². The van der Waals surface area contributed by atoms with Crippen LogP contribution in [0, 0.1) is 6.92 Å². The Bertz CT molecular complexity index is 1220. The summed E-state index contributed by atoms with van der Waals surface area (Å²) in [5, 5.41) is 3.45. The van der Waals surface area contributed by atoms with Crippen molar-refractivity contribution < 1.29 is 9.53 Å². The molecule has 4 rings (SSSR count). The Labute approximate surface area is 211 Å². The van der Waals surface area contributed by atoms with Crippen molar-refractivity contribution in [3.63, 3.8) is 0 Å². The minimum Gasteiger partial charge on any atom is -0.379 e. The molecule has 1 aliphatic rings. The average molecular weight is 497 g/mol. The van der Waals surface area contributed by atoms with Crippen LogP contribution in [0.1, 0.15) is 25.1 Å². The molecule has 7 nitrogen and oxygen atoms in total. The Kier molecular flexibility index (Phi) is 8.11. The number of imidazole rings is 1. The van der Waals surface area contributed by atoms with Crippen molar-refractivity contribution in [2.45, 2.75) is 39.8 Å². The molecule has 2 heterocycles. The van der Waals surface area contributed by atoms with Crippen molar-refractivity contribution in [2.75, 3.05) is 32.8 Å². The number of aromatic nitrogens is 2. The predicted molar refractivity (Wildman–Crippen MR) is 139 cm³/mol. The molecule has 1 amide bonds. The number of morpholine rings is 1. The second-order valence-electron chi connectivity index (χ2n) is 9.24. The number of hydrogen-bond donors (Lipinski definition) is 1. The van der Waals surface area contributed by atoms with Gasteiger partial charge in [-0.15, -0.1) is 0 Å². The number of nitrogens with zero attached hydrogens (tertiary/aromatic N) is 3. The van der Waals surface area contributed by atoms with Gasteiger partial charge in [-0.25, -0.2) is 4.79 Å². The number of nitrogens with one attached hydrogen (secondary N) is 1. The number of carbonyl (C=O) groups excluding carboxylic acids is 1. The predicted octanol–water partition coefficient (Wildman–Crippen LogP) is 3.67. The highest BCUT2D eigenvalue weighted by Crippen LogP contribution is 2.27.